The van der Waals surface area contributed by atoms with E-state index in [1.165, 1.54) is 25.5 Å². The first-order valence-corrected chi connectivity index (χ1v) is 14.5. The highest BCUT2D eigenvalue weighted by Gasteiger charge is 2.23. The predicted molar refractivity (Wildman–Crippen MR) is 160 cm³/mol. The van der Waals surface area contributed by atoms with E-state index in [2.05, 4.69) is 21.3 Å². The number of nitrogens with zero attached hydrogens (tertiary/aromatic N) is 2. The maximum Gasteiger partial charge on any atom is 0.242 e. The summed E-state index contributed by atoms with van der Waals surface area (Å²) < 4.78 is 40.1. The number of aryl methyl sites for hydroxylation is 1. The second kappa shape index (κ2) is 14.1. The Morgan fingerprint density at radius 3 is 2.40 bits per heavy atom. The van der Waals surface area contributed by atoms with E-state index in [9.17, 15) is 18.5 Å². The van der Waals surface area contributed by atoms with Crippen molar-refractivity contribution in [3.8, 4) is 17.6 Å². The van der Waals surface area contributed by atoms with Crippen molar-refractivity contribution in [1.82, 2.24) is 10.1 Å². The molecule has 0 unspecified atom stereocenters. The third-order valence-corrected chi connectivity index (χ3v) is 7.82. The largest absolute Gasteiger partial charge is 0.493 e. The third kappa shape index (κ3) is 8.04. The van der Waals surface area contributed by atoms with Crippen molar-refractivity contribution in [2.24, 2.45) is 5.10 Å². The summed E-state index contributed by atoms with van der Waals surface area (Å²) in [4.78, 5) is 12.9. The summed E-state index contributed by atoms with van der Waals surface area (Å²) in [5, 5.41) is 13.3. The van der Waals surface area contributed by atoms with E-state index in [0.717, 1.165) is 11.1 Å². The van der Waals surface area contributed by atoms with Gasteiger partial charge in [0.1, 0.15) is 6.61 Å². The van der Waals surface area contributed by atoms with E-state index in [1.54, 1.807) is 66.7 Å². The average Bonchev–Trinajstić information content (AvgIpc) is 3.00. The smallest absolute Gasteiger partial charge is 0.242 e. The van der Waals surface area contributed by atoms with Crippen LogP contribution in [0.1, 0.15) is 40.3 Å². The molecule has 0 heterocycles. The van der Waals surface area contributed by atoms with Crippen LogP contribution in [0.15, 0.2) is 107 Å². The number of rotatable bonds is 12. The number of methoxy groups -OCH3 is 1. The SMILES string of the molecule is COc1cc(/C=N\NC(=O)C[C@@H](NS(=O)(=O)c2ccc(C)cc2)c2ccccc2)ccc1OCc1ccccc1C#N. The van der Waals surface area contributed by atoms with Gasteiger partial charge in [0.05, 0.1) is 35.9 Å². The highest BCUT2D eigenvalue weighted by Crippen LogP contribution is 2.29. The van der Waals surface area contributed by atoms with Gasteiger partial charge in [0.2, 0.25) is 15.9 Å². The Morgan fingerprint density at radius 2 is 1.69 bits per heavy atom. The van der Waals surface area contributed by atoms with Crippen LogP contribution in [0, 0.1) is 18.3 Å². The van der Waals surface area contributed by atoms with Crippen LogP contribution >= 0.6 is 0 Å². The summed E-state index contributed by atoms with van der Waals surface area (Å²) >= 11 is 0. The molecule has 0 radical (unpaired) electrons. The first kappa shape index (κ1) is 30.0. The summed E-state index contributed by atoms with van der Waals surface area (Å²) in [5.74, 6) is 0.460. The molecule has 0 aliphatic rings. The molecule has 9 nitrogen and oxygen atoms in total. The second-order valence-electron chi connectivity index (χ2n) is 9.36. The van der Waals surface area contributed by atoms with Crippen LogP contribution in [-0.4, -0.2) is 27.6 Å². The van der Waals surface area contributed by atoms with Crippen molar-refractivity contribution in [3.63, 3.8) is 0 Å². The summed E-state index contributed by atoms with van der Waals surface area (Å²) in [6, 6.07) is 29.0. The van der Waals surface area contributed by atoms with Crippen molar-refractivity contribution >= 4 is 22.1 Å². The molecule has 0 aromatic heterocycles. The van der Waals surface area contributed by atoms with E-state index in [4.69, 9.17) is 9.47 Å². The van der Waals surface area contributed by atoms with Crippen LogP contribution in [0.5, 0.6) is 11.5 Å². The molecule has 42 heavy (non-hydrogen) atoms. The molecular formula is C32H30N4O5S. The Bertz CT molecular complexity index is 1700. The minimum absolute atomic E-state index is 0.114. The van der Waals surface area contributed by atoms with Gasteiger partial charge in [-0.3, -0.25) is 4.79 Å². The van der Waals surface area contributed by atoms with Crippen LogP contribution in [-0.2, 0) is 21.4 Å². The molecule has 4 rings (SSSR count). The number of hydrazone groups is 1. The van der Waals surface area contributed by atoms with Crippen molar-refractivity contribution in [1.29, 1.82) is 5.26 Å². The van der Waals surface area contributed by atoms with Gasteiger partial charge in [0.25, 0.3) is 0 Å². The van der Waals surface area contributed by atoms with Crippen LogP contribution in [0.2, 0.25) is 0 Å². The first-order valence-electron chi connectivity index (χ1n) is 13.0. The van der Waals surface area contributed by atoms with Gasteiger partial charge in [-0.2, -0.15) is 10.4 Å². The lowest BCUT2D eigenvalue weighted by Gasteiger charge is -2.18. The van der Waals surface area contributed by atoms with Gasteiger partial charge in [0, 0.05) is 12.0 Å². The van der Waals surface area contributed by atoms with Crippen LogP contribution in [0.25, 0.3) is 0 Å². The van der Waals surface area contributed by atoms with Crippen molar-refractivity contribution < 1.29 is 22.7 Å². The number of carbonyl (C=O) groups is 1. The molecule has 4 aromatic carbocycles. The van der Waals surface area contributed by atoms with Gasteiger partial charge in [-0.1, -0.05) is 66.2 Å². The minimum atomic E-state index is -3.88. The fourth-order valence-electron chi connectivity index (χ4n) is 4.09. The molecule has 0 saturated heterocycles. The number of nitrogens with one attached hydrogen (secondary N) is 2. The lowest BCUT2D eigenvalue weighted by atomic mass is 10.0. The Morgan fingerprint density at radius 1 is 0.976 bits per heavy atom. The van der Waals surface area contributed by atoms with Gasteiger partial charge in [0.15, 0.2) is 11.5 Å². The van der Waals surface area contributed by atoms with E-state index in [1.807, 2.05) is 25.1 Å². The van der Waals surface area contributed by atoms with Crippen LogP contribution < -0.4 is 19.6 Å². The van der Waals surface area contributed by atoms with Gasteiger partial charge >= 0.3 is 0 Å². The monoisotopic (exact) mass is 582 g/mol. The minimum Gasteiger partial charge on any atom is -0.493 e. The maximum atomic E-state index is 13.0. The van der Waals surface area contributed by atoms with Gasteiger partial charge in [-0.25, -0.2) is 18.6 Å². The molecule has 0 aliphatic carbocycles. The van der Waals surface area contributed by atoms with E-state index < -0.39 is 22.0 Å². The maximum absolute atomic E-state index is 13.0. The Hall–Kier alpha value is -4.98. The average molecular weight is 583 g/mol. The summed E-state index contributed by atoms with van der Waals surface area (Å²) in [6.07, 6.45) is 1.27. The second-order valence-corrected chi connectivity index (χ2v) is 11.1. The lowest BCUT2D eigenvalue weighted by molar-refractivity contribution is -0.121. The fraction of sp³-hybridized carbons (Fsp3) is 0.156. The number of amides is 1. The van der Waals surface area contributed by atoms with Gasteiger partial charge < -0.3 is 9.47 Å². The molecule has 4 aromatic rings. The molecular weight excluding hydrogens is 552 g/mol. The van der Waals surface area contributed by atoms with Crippen molar-refractivity contribution in [2.45, 2.75) is 30.9 Å². The summed E-state index contributed by atoms with van der Waals surface area (Å²) in [6.45, 7) is 2.07. The molecule has 214 valence electrons. The molecule has 0 saturated carbocycles. The molecule has 10 heteroatoms. The van der Waals surface area contributed by atoms with Gasteiger partial charge in [-0.15, -0.1) is 0 Å². The molecule has 0 fully saturated rings. The molecule has 1 amide bonds. The molecule has 0 bridgehead atoms. The molecule has 0 aliphatic heterocycles. The number of hydrogen-bond donors (Lipinski definition) is 2. The summed E-state index contributed by atoms with van der Waals surface area (Å²) in [7, 11) is -2.37. The highest BCUT2D eigenvalue weighted by molar-refractivity contribution is 7.89. The number of nitriles is 1. The molecule has 1 atom stereocenters. The summed E-state index contributed by atoms with van der Waals surface area (Å²) in [5.41, 5.74) is 5.98. The van der Waals surface area contributed by atoms with Crippen LogP contribution in [0.4, 0.5) is 0 Å². The molecule has 2 N–H and O–H groups in total. The first-order chi connectivity index (χ1) is 20.3. The third-order valence-electron chi connectivity index (χ3n) is 6.33. The van der Waals surface area contributed by atoms with Crippen molar-refractivity contribution in [3.05, 3.63) is 125 Å². The quantitative estimate of drug-likeness (QED) is 0.178. The van der Waals surface area contributed by atoms with Crippen LogP contribution in [0.3, 0.4) is 0 Å². The Kier molecular flexibility index (Phi) is 10.1. The number of benzene rings is 4. The lowest BCUT2D eigenvalue weighted by Crippen LogP contribution is -2.32. The number of sulfonamides is 1. The standard InChI is InChI=1S/C32H30N4O5S/c1-23-12-15-28(16-13-23)42(38,39)36-29(25-8-4-3-5-9-25)19-32(37)35-34-21-24-14-17-30(31(18-24)40-2)41-22-27-11-7-6-10-26(27)20-33/h3-18,21,29,36H,19,22H2,1-2H3,(H,35,37)/b34-21-/t29-/m1/s1. The highest BCUT2D eigenvalue weighted by atomic mass is 32.2. The number of ether oxygens (including phenoxy) is 2. The number of carbonyl (C=O) groups excluding carboxylic acids is 1. The van der Waals surface area contributed by atoms with E-state index in [0.29, 0.717) is 28.2 Å². The Labute approximate surface area is 245 Å². The zero-order valence-corrected chi connectivity index (χ0v) is 24.0. The van der Waals surface area contributed by atoms with Gasteiger partial charge in [-0.05, 0) is 54.4 Å². The molecule has 0 spiro atoms. The number of hydrogen-bond acceptors (Lipinski definition) is 7. The zero-order valence-electron chi connectivity index (χ0n) is 23.2. The zero-order chi connectivity index (χ0) is 30.0. The topological polar surface area (TPSA) is 130 Å². The van der Waals surface area contributed by atoms with Crippen molar-refractivity contribution in [2.75, 3.05) is 7.11 Å². The normalized spacial score (nSPS) is 11.9. The van der Waals surface area contributed by atoms with E-state index in [-0.39, 0.29) is 17.9 Å². The van der Waals surface area contributed by atoms with E-state index >= 15 is 0 Å². The predicted octanol–water partition coefficient (Wildman–Crippen LogP) is 5.01. The Balaban J connectivity index is 1.41. The fourth-order valence-corrected chi connectivity index (χ4v) is 5.31.